The number of amides is 1. The van der Waals surface area contributed by atoms with Gasteiger partial charge in [0, 0.05) is 18.4 Å². The average Bonchev–Trinajstić information content (AvgIpc) is 2.18. The van der Waals surface area contributed by atoms with Crippen LogP contribution in [0.1, 0.15) is 46.0 Å². The number of carbonyl (C=O) groups is 2. The lowest BCUT2D eigenvalue weighted by Gasteiger charge is -2.27. The molecule has 80 valence electrons. The number of hydrogen-bond acceptors (Lipinski definition) is 2. The predicted octanol–water partition coefficient (Wildman–Crippen LogP) is 1.66. The number of rotatable bonds is 3. The molecule has 0 aromatic carbocycles. The Hall–Kier alpha value is -0.860. The molecule has 0 atom stereocenters. The van der Waals surface area contributed by atoms with E-state index in [0.717, 1.165) is 25.7 Å². The Labute approximate surface area is 85.3 Å². The molecule has 3 nitrogen and oxygen atoms in total. The maximum absolute atomic E-state index is 11.1. The Morgan fingerprint density at radius 3 is 2.21 bits per heavy atom. The van der Waals surface area contributed by atoms with Crippen LogP contribution in [0.3, 0.4) is 0 Å². The molecular weight excluding hydrogens is 178 g/mol. The highest BCUT2D eigenvalue weighted by atomic mass is 16.1. The first kappa shape index (κ1) is 11.2. The van der Waals surface area contributed by atoms with E-state index >= 15 is 0 Å². The number of ketones is 1. The van der Waals surface area contributed by atoms with Gasteiger partial charge >= 0.3 is 0 Å². The van der Waals surface area contributed by atoms with E-state index in [1.54, 1.807) is 6.92 Å². The zero-order valence-corrected chi connectivity index (χ0v) is 9.01. The smallest absolute Gasteiger partial charge is 0.219 e. The number of nitrogens with one attached hydrogen (secondary N) is 1. The van der Waals surface area contributed by atoms with Crippen molar-refractivity contribution in [1.29, 1.82) is 0 Å². The first-order valence-corrected chi connectivity index (χ1v) is 5.43. The van der Waals surface area contributed by atoms with Crippen LogP contribution in [-0.2, 0) is 9.59 Å². The lowest BCUT2D eigenvalue weighted by molar-refractivity contribution is -0.122. The van der Waals surface area contributed by atoms with E-state index < -0.39 is 0 Å². The Morgan fingerprint density at radius 1 is 1.21 bits per heavy atom. The fourth-order valence-corrected chi connectivity index (χ4v) is 1.97. The van der Waals surface area contributed by atoms with Crippen LogP contribution in [0.4, 0.5) is 0 Å². The molecule has 1 fully saturated rings. The molecule has 0 aliphatic heterocycles. The second-order valence-corrected chi connectivity index (χ2v) is 4.08. The van der Waals surface area contributed by atoms with Gasteiger partial charge in [-0.3, -0.25) is 9.59 Å². The van der Waals surface area contributed by atoms with Crippen LogP contribution in [-0.4, -0.2) is 17.7 Å². The monoisotopic (exact) mass is 197 g/mol. The summed E-state index contributed by atoms with van der Waals surface area (Å²) in [6.07, 6.45) is 4.33. The quantitative estimate of drug-likeness (QED) is 0.748. The molecule has 0 bridgehead atoms. The maximum atomic E-state index is 11.1. The van der Waals surface area contributed by atoms with Crippen LogP contribution in [0.2, 0.25) is 0 Å². The van der Waals surface area contributed by atoms with Crippen molar-refractivity contribution < 1.29 is 9.59 Å². The van der Waals surface area contributed by atoms with Gasteiger partial charge in [-0.05, 0) is 32.6 Å². The lowest BCUT2D eigenvalue weighted by atomic mass is 9.84. The van der Waals surface area contributed by atoms with E-state index in [2.05, 4.69) is 5.32 Å². The topological polar surface area (TPSA) is 46.2 Å². The summed E-state index contributed by atoms with van der Waals surface area (Å²) >= 11 is 0. The van der Waals surface area contributed by atoms with E-state index in [0.29, 0.717) is 18.2 Å². The third-order valence-corrected chi connectivity index (χ3v) is 2.99. The number of hydrogen-bond donors (Lipinski definition) is 1. The molecule has 0 spiro atoms. The van der Waals surface area contributed by atoms with Gasteiger partial charge in [-0.1, -0.05) is 6.92 Å². The molecule has 1 aliphatic carbocycles. The van der Waals surface area contributed by atoms with Crippen LogP contribution in [0.15, 0.2) is 0 Å². The molecule has 3 heteroatoms. The Kier molecular flexibility index (Phi) is 4.11. The lowest BCUT2D eigenvalue weighted by Crippen LogP contribution is -2.38. The molecule has 1 rings (SSSR count). The minimum atomic E-state index is 0.122. The van der Waals surface area contributed by atoms with E-state index in [1.807, 2.05) is 6.92 Å². The van der Waals surface area contributed by atoms with E-state index in [4.69, 9.17) is 0 Å². The largest absolute Gasteiger partial charge is 0.353 e. The van der Waals surface area contributed by atoms with Crippen molar-refractivity contribution in [2.45, 2.75) is 52.0 Å². The predicted molar refractivity (Wildman–Crippen MR) is 54.9 cm³/mol. The SMILES string of the molecule is CCC(=O)NC1CCC(C(C)=O)CC1. The first-order valence-electron chi connectivity index (χ1n) is 5.43. The normalized spacial score (nSPS) is 27.0. The third-order valence-electron chi connectivity index (χ3n) is 2.99. The fourth-order valence-electron chi connectivity index (χ4n) is 1.97. The van der Waals surface area contributed by atoms with Crippen LogP contribution in [0.25, 0.3) is 0 Å². The van der Waals surface area contributed by atoms with Crippen molar-refractivity contribution in [2.24, 2.45) is 5.92 Å². The van der Waals surface area contributed by atoms with Gasteiger partial charge in [0.1, 0.15) is 5.78 Å². The van der Waals surface area contributed by atoms with Crippen molar-refractivity contribution in [2.75, 3.05) is 0 Å². The van der Waals surface area contributed by atoms with Gasteiger partial charge in [-0.25, -0.2) is 0 Å². The average molecular weight is 197 g/mol. The second kappa shape index (κ2) is 5.13. The zero-order chi connectivity index (χ0) is 10.6. The van der Waals surface area contributed by atoms with Gasteiger partial charge in [0.2, 0.25) is 5.91 Å². The molecule has 1 amide bonds. The Bertz CT molecular complexity index is 217. The van der Waals surface area contributed by atoms with Gasteiger partial charge < -0.3 is 5.32 Å². The maximum Gasteiger partial charge on any atom is 0.219 e. The van der Waals surface area contributed by atoms with Crippen LogP contribution >= 0.6 is 0 Å². The highest BCUT2D eigenvalue weighted by molar-refractivity contribution is 5.78. The molecular formula is C11H19NO2. The molecule has 1 N–H and O–H groups in total. The summed E-state index contributed by atoms with van der Waals surface area (Å²) in [5.41, 5.74) is 0. The molecule has 0 heterocycles. The Balaban J connectivity index is 2.29. The van der Waals surface area contributed by atoms with Crippen LogP contribution in [0.5, 0.6) is 0 Å². The summed E-state index contributed by atoms with van der Waals surface area (Å²) in [5.74, 6) is 0.659. The van der Waals surface area contributed by atoms with E-state index in [9.17, 15) is 9.59 Å². The van der Waals surface area contributed by atoms with Gasteiger partial charge in [0.05, 0.1) is 0 Å². The summed E-state index contributed by atoms with van der Waals surface area (Å²) in [6.45, 7) is 3.52. The molecule has 0 saturated heterocycles. The minimum absolute atomic E-state index is 0.122. The van der Waals surface area contributed by atoms with Gasteiger partial charge in [-0.2, -0.15) is 0 Å². The highest BCUT2D eigenvalue weighted by Gasteiger charge is 2.24. The van der Waals surface area contributed by atoms with Crippen molar-refractivity contribution in [1.82, 2.24) is 5.32 Å². The fraction of sp³-hybridized carbons (Fsp3) is 0.818. The summed E-state index contributed by atoms with van der Waals surface area (Å²) in [5, 5.41) is 2.98. The van der Waals surface area contributed by atoms with Gasteiger partial charge in [0.25, 0.3) is 0 Å². The highest BCUT2D eigenvalue weighted by Crippen LogP contribution is 2.24. The summed E-state index contributed by atoms with van der Waals surface area (Å²) in [7, 11) is 0. The van der Waals surface area contributed by atoms with Crippen molar-refractivity contribution in [3.63, 3.8) is 0 Å². The van der Waals surface area contributed by atoms with Crippen LogP contribution < -0.4 is 5.32 Å². The zero-order valence-electron chi connectivity index (χ0n) is 9.01. The minimum Gasteiger partial charge on any atom is -0.353 e. The van der Waals surface area contributed by atoms with E-state index in [1.165, 1.54) is 0 Å². The van der Waals surface area contributed by atoms with Crippen molar-refractivity contribution in [3.05, 3.63) is 0 Å². The van der Waals surface area contributed by atoms with E-state index in [-0.39, 0.29) is 11.8 Å². The number of carbonyl (C=O) groups excluding carboxylic acids is 2. The molecule has 0 aromatic heterocycles. The summed E-state index contributed by atoms with van der Waals surface area (Å²) in [4.78, 5) is 22.2. The first-order chi connectivity index (χ1) is 6.63. The number of Topliss-reactive ketones (excluding diaryl/α,β-unsaturated/α-hetero) is 1. The molecule has 0 unspecified atom stereocenters. The van der Waals surface area contributed by atoms with Crippen molar-refractivity contribution in [3.8, 4) is 0 Å². The van der Waals surface area contributed by atoms with Crippen LogP contribution in [0, 0.1) is 5.92 Å². The molecule has 14 heavy (non-hydrogen) atoms. The van der Waals surface area contributed by atoms with Gasteiger partial charge in [-0.15, -0.1) is 0 Å². The molecule has 1 aliphatic rings. The van der Waals surface area contributed by atoms with Crippen molar-refractivity contribution >= 4 is 11.7 Å². The second-order valence-electron chi connectivity index (χ2n) is 4.08. The van der Waals surface area contributed by atoms with Gasteiger partial charge in [0.15, 0.2) is 0 Å². The standard InChI is InChI=1S/C11H19NO2/c1-3-11(14)12-10-6-4-9(5-7-10)8(2)13/h9-10H,3-7H2,1-2H3,(H,12,14). The molecule has 1 saturated carbocycles. The summed E-state index contributed by atoms with van der Waals surface area (Å²) < 4.78 is 0. The summed E-state index contributed by atoms with van der Waals surface area (Å²) in [6, 6.07) is 0.304. The molecule has 0 aromatic rings. The Morgan fingerprint density at radius 2 is 1.79 bits per heavy atom. The third kappa shape index (κ3) is 3.13. The molecule has 0 radical (unpaired) electrons.